The fraction of sp³-hybridized carbons (Fsp3) is 0.438. The Balaban J connectivity index is 1.36. The molecule has 0 bridgehead atoms. The van der Waals surface area contributed by atoms with Gasteiger partial charge in [0, 0.05) is 19.2 Å². The first-order valence-electron chi connectivity index (χ1n) is 14.1. The molecule has 1 unspecified atom stereocenters. The van der Waals surface area contributed by atoms with E-state index in [-0.39, 0.29) is 29.4 Å². The number of aryl methyl sites for hydroxylation is 1. The van der Waals surface area contributed by atoms with Gasteiger partial charge in [-0.1, -0.05) is 41.4 Å². The van der Waals surface area contributed by atoms with Gasteiger partial charge < -0.3 is 28.3 Å². The zero-order valence-corrected chi connectivity index (χ0v) is 25.7. The van der Waals surface area contributed by atoms with Crippen LogP contribution in [0.25, 0.3) is 0 Å². The van der Waals surface area contributed by atoms with Gasteiger partial charge in [0.2, 0.25) is 0 Å². The van der Waals surface area contributed by atoms with Gasteiger partial charge in [0.15, 0.2) is 6.29 Å². The normalized spacial score (nSPS) is 15.3. The molecular weight excluding hydrogens is 581 g/mol. The Morgan fingerprint density at radius 1 is 0.976 bits per heavy atom. The third kappa shape index (κ3) is 9.49. The Bertz CT molecular complexity index is 1390. The van der Waals surface area contributed by atoms with Crippen LogP contribution in [0.15, 0.2) is 59.4 Å². The van der Waals surface area contributed by atoms with Crippen LogP contribution >= 0.6 is 23.2 Å². The predicted molar refractivity (Wildman–Crippen MR) is 162 cm³/mol. The minimum Gasteiger partial charge on any atom is -0.491 e. The maximum Gasteiger partial charge on any atom is 0.338 e. The lowest BCUT2D eigenvalue weighted by Crippen LogP contribution is -2.26. The van der Waals surface area contributed by atoms with E-state index >= 15 is 0 Å². The second-order valence-corrected chi connectivity index (χ2v) is 11.8. The largest absolute Gasteiger partial charge is 0.491 e. The van der Waals surface area contributed by atoms with Crippen molar-refractivity contribution >= 4 is 29.2 Å². The van der Waals surface area contributed by atoms with Gasteiger partial charge in [-0.05, 0) is 82.3 Å². The fourth-order valence-corrected chi connectivity index (χ4v) is 4.93. The molecule has 1 saturated heterocycles. The van der Waals surface area contributed by atoms with Crippen molar-refractivity contribution in [3.8, 4) is 11.5 Å². The number of hydrogen-bond donors (Lipinski definition) is 0. The highest BCUT2D eigenvalue weighted by atomic mass is 35.5. The molecule has 0 radical (unpaired) electrons. The molecule has 0 saturated carbocycles. The van der Waals surface area contributed by atoms with Crippen molar-refractivity contribution in [1.29, 1.82) is 0 Å². The Hall–Kier alpha value is -3.04. The standard InChI is InChI=1S/C32H37Cl2NO7/c1-32(2,3)42-31(37)23-12-10-22(11-13-23)14-15-35-28(26(33)20-27(34)30(35)36)21-41-25-8-6-7-24(19-25)38-17-18-40-29-9-4-5-16-39-29/h6-8,10-13,19-20,29H,4-5,9,14-18,21H2,1-3H3. The maximum atomic E-state index is 13.0. The van der Waals surface area contributed by atoms with Crippen LogP contribution in [0.4, 0.5) is 0 Å². The van der Waals surface area contributed by atoms with Gasteiger partial charge in [0.25, 0.3) is 5.56 Å². The highest BCUT2D eigenvalue weighted by molar-refractivity contribution is 6.34. The van der Waals surface area contributed by atoms with Gasteiger partial charge in [-0.15, -0.1) is 0 Å². The Morgan fingerprint density at radius 2 is 1.71 bits per heavy atom. The molecular formula is C32H37Cl2NO7. The number of pyridine rings is 1. The molecule has 1 aliphatic rings. The topological polar surface area (TPSA) is 85.2 Å². The van der Waals surface area contributed by atoms with Crippen LogP contribution in [0.2, 0.25) is 10.0 Å². The number of rotatable bonds is 12. The highest BCUT2D eigenvalue weighted by Crippen LogP contribution is 2.24. The SMILES string of the molecule is CC(C)(C)OC(=O)c1ccc(CCn2c(COc3cccc(OCCOC4CCCCO4)c3)c(Cl)cc(Cl)c2=O)cc1. The number of halogens is 2. The van der Waals surface area contributed by atoms with Crippen LogP contribution in [-0.4, -0.2) is 42.2 Å². The molecule has 3 aromatic rings. The molecule has 8 nitrogen and oxygen atoms in total. The number of carbonyl (C=O) groups excluding carboxylic acids is 1. The van der Waals surface area contributed by atoms with Gasteiger partial charge in [-0.2, -0.15) is 0 Å². The first-order valence-corrected chi connectivity index (χ1v) is 14.8. The van der Waals surface area contributed by atoms with Gasteiger partial charge in [-0.3, -0.25) is 4.79 Å². The number of nitrogens with zero attached hydrogens (tertiary/aromatic N) is 1. The van der Waals surface area contributed by atoms with Crippen molar-refractivity contribution in [3.05, 3.63) is 91.8 Å². The Labute approximate surface area is 256 Å². The monoisotopic (exact) mass is 617 g/mol. The number of aromatic nitrogens is 1. The van der Waals surface area contributed by atoms with E-state index in [1.807, 2.05) is 45.0 Å². The lowest BCUT2D eigenvalue weighted by Gasteiger charge is -2.22. The molecule has 2 heterocycles. The summed E-state index contributed by atoms with van der Waals surface area (Å²) in [6.45, 7) is 7.37. The van der Waals surface area contributed by atoms with E-state index in [0.717, 1.165) is 31.4 Å². The maximum absolute atomic E-state index is 13.0. The number of esters is 1. The van der Waals surface area contributed by atoms with Crippen molar-refractivity contribution in [2.45, 2.75) is 71.5 Å². The van der Waals surface area contributed by atoms with E-state index in [2.05, 4.69) is 0 Å². The van der Waals surface area contributed by atoms with Crippen molar-refractivity contribution < 1.29 is 28.5 Å². The summed E-state index contributed by atoms with van der Waals surface area (Å²) >= 11 is 12.7. The van der Waals surface area contributed by atoms with Crippen LogP contribution < -0.4 is 15.0 Å². The third-order valence-electron chi connectivity index (χ3n) is 6.49. The molecule has 1 aromatic heterocycles. The minimum atomic E-state index is -0.575. The second-order valence-electron chi connectivity index (χ2n) is 11.0. The van der Waals surface area contributed by atoms with Crippen LogP contribution in [0.5, 0.6) is 11.5 Å². The summed E-state index contributed by atoms with van der Waals surface area (Å²) in [5.74, 6) is 0.810. The molecule has 0 amide bonds. The van der Waals surface area contributed by atoms with Gasteiger partial charge in [0.1, 0.15) is 35.3 Å². The Morgan fingerprint density at radius 3 is 2.40 bits per heavy atom. The van der Waals surface area contributed by atoms with E-state index < -0.39 is 5.60 Å². The third-order valence-corrected chi connectivity index (χ3v) is 7.09. The average Bonchev–Trinajstić information content (AvgIpc) is 2.96. The molecule has 1 fully saturated rings. The zero-order valence-electron chi connectivity index (χ0n) is 24.2. The van der Waals surface area contributed by atoms with E-state index in [9.17, 15) is 9.59 Å². The van der Waals surface area contributed by atoms with E-state index in [1.165, 1.54) is 10.6 Å². The van der Waals surface area contributed by atoms with Gasteiger partial charge >= 0.3 is 5.97 Å². The summed E-state index contributed by atoms with van der Waals surface area (Å²) in [6.07, 6.45) is 3.44. The first kappa shape index (κ1) is 31.9. The molecule has 226 valence electrons. The van der Waals surface area contributed by atoms with Crippen molar-refractivity contribution in [3.63, 3.8) is 0 Å². The van der Waals surface area contributed by atoms with Crippen LogP contribution in [0.1, 0.15) is 61.6 Å². The lowest BCUT2D eigenvalue weighted by molar-refractivity contribution is -0.165. The van der Waals surface area contributed by atoms with Crippen LogP contribution in [-0.2, 0) is 33.8 Å². The number of ether oxygens (including phenoxy) is 5. The second kappa shape index (κ2) is 14.9. The molecule has 42 heavy (non-hydrogen) atoms. The van der Waals surface area contributed by atoms with Crippen molar-refractivity contribution in [2.24, 2.45) is 0 Å². The smallest absolute Gasteiger partial charge is 0.338 e. The summed E-state index contributed by atoms with van der Waals surface area (Å²) in [6, 6.07) is 15.8. The Kier molecular flexibility index (Phi) is 11.3. The molecule has 0 N–H and O–H groups in total. The van der Waals surface area contributed by atoms with Crippen LogP contribution in [0.3, 0.4) is 0 Å². The summed E-state index contributed by atoms with van der Waals surface area (Å²) in [5, 5.41) is 0.356. The molecule has 0 spiro atoms. The molecule has 1 aliphatic heterocycles. The first-order chi connectivity index (χ1) is 20.1. The molecule has 2 aromatic carbocycles. The van der Waals surface area contributed by atoms with Gasteiger partial charge in [0.05, 0.1) is 22.9 Å². The molecule has 4 rings (SSSR count). The number of benzene rings is 2. The lowest BCUT2D eigenvalue weighted by atomic mass is 10.1. The molecule has 0 aliphatic carbocycles. The van der Waals surface area contributed by atoms with Gasteiger partial charge in [-0.25, -0.2) is 4.79 Å². The van der Waals surface area contributed by atoms with E-state index in [4.69, 9.17) is 46.9 Å². The summed E-state index contributed by atoms with van der Waals surface area (Å²) < 4.78 is 30.1. The van der Waals surface area contributed by atoms with E-state index in [1.54, 1.807) is 24.3 Å². The highest BCUT2D eigenvalue weighted by Gasteiger charge is 2.18. The summed E-state index contributed by atoms with van der Waals surface area (Å²) in [4.78, 5) is 25.3. The minimum absolute atomic E-state index is 0.0280. The summed E-state index contributed by atoms with van der Waals surface area (Å²) in [7, 11) is 0. The fourth-order valence-electron chi connectivity index (χ4n) is 4.39. The molecule has 10 heteroatoms. The van der Waals surface area contributed by atoms with Crippen molar-refractivity contribution in [2.75, 3.05) is 19.8 Å². The average molecular weight is 619 g/mol. The summed E-state index contributed by atoms with van der Waals surface area (Å²) in [5.41, 5.74) is 0.964. The zero-order chi connectivity index (χ0) is 30.1. The van der Waals surface area contributed by atoms with E-state index in [0.29, 0.717) is 54.0 Å². The predicted octanol–water partition coefficient (Wildman–Crippen LogP) is 6.85. The molecule has 1 atom stereocenters. The van der Waals surface area contributed by atoms with Crippen molar-refractivity contribution in [1.82, 2.24) is 4.57 Å². The number of hydrogen-bond acceptors (Lipinski definition) is 7. The van der Waals surface area contributed by atoms with Crippen LogP contribution in [0, 0.1) is 0 Å². The quantitative estimate of drug-likeness (QED) is 0.162. The number of carbonyl (C=O) groups is 1.